The molecule has 0 saturated heterocycles. The number of anilines is 3. The molecule has 0 saturated carbocycles. The van der Waals surface area contributed by atoms with Crippen LogP contribution >= 0.6 is 0 Å². The Bertz CT molecular complexity index is 1690. The average molecular weight is 720 g/mol. The molecule has 14 heteroatoms. The molecule has 0 spiro atoms. The second-order valence-electron chi connectivity index (χ2n) is 13.2. The van der Waals surface area contributed by atoms with Crippen LogP contribution in [-0.4, -0.2) is 98.4 Å². The fraction of sp³-hybridized carbons (Fsp3) is 0.447. The topological polar surface area (TPSA) is 160 Å². The smallest absolute Gasteiger partial charge is 0.323 e. The highest BCUT2D eigenvalue weighted by Gasteiger charge is 2.31. The highest BCUT2D eigenvalue weighted by molar-refractivity contribution is 6.02. The molecule has 4 N–H and O–H groups in total. The number of benzene rings is 3. The van der Waals surface area contributed by atoms with E-state index in [2.05, 4.69) is 16.0 Å². The third kappa shape index (κ3) is 9.98. The van der Waals surface area contributed by atoms with Crippen LogP contribution in [0.5, 0.6) is 23.0 Å². The first-order valence-electron chi connectivity index (χ1n) is 17.5. The molecule has 3 aromatic carbocycles. The number of methoxy groups -OCH3 is 1. The number of carbonyl (C=O) groups excluding carboxylic acids is 3. The van der Waals surface area contributed by atoms with Crippen molar-refractivity contribution in [1.82, 2.24) is 9.80 Å². The largest absolute Gasteiger partial charge is 0.497 e. The van der Waals surface area contributed by atoms with Crippen LogP contribution in [-0.2, 0) is 4.74 Å². The monoisotopic (exact) mass is 719 g/mol. The maximum absolute atomic E-state index is 14.4. The summed E-state index contributed by atoms with van der Waals surface area (Å²) < 4.78 is 28.7. The quantitative estimate of drug-likeness (QED) is 0.218. The van der Waals surface area contributed by atoms with Gasteiger partial charge in [-0.3, -0.25) is 4.79 Å². The SMILES string of the molecule is COc1ccc(NC(=O)Nc2ccc3c(c2)C(=O)N([C@@H](C)CO)C[C@@H](C)[C@H](CN(C)C(=O)Nc2ccc4c(c2)OCO4)OCCCC[C@@H](C)O3)cc1. The fourth-order valence-electron chi connectivity index (χ4n) is 5.98. The maximum Gasteiger partial charge on any atom is 0.323 e. The zero-order valence-electron chi connectivity index (χ0n) is 30.3. The van der Waals surface area contributed by atoms with E-state index in [9.17, 15) is 19.5 Å². The number of likely N-dealkylation sites (N-methyl/N-ethyl adjacent to an activating group) is 1. The lowest BCUT2D eigenvalue weighted by atomic mass is 10.0. The summed E-state index contributed by atoms with van der Waals surface area (Å²) in [6, 6.07) is 15.7. The first-order chi connectivity index (χ1) is 25.0. The van der Waals surface area contributed by atoms with Gasteiger partial charge in [-0.1, -0.05) is 6.92 Å². The van der Waals surface area contributed by atoms with Crippen molar-refractivity contribution in [3.63, 3.8) is 0 Å². The Morgan fingerprint density at radius 1 is 0.942 bits per heavy atom. The van der Waals surface area contributed by atoms with Gasteiger partial charge in [0.1, 0.15) is 11.5 Å². The Kier molecular flexibility index (Phi) is 13.0. The second kappa shape index (κ2) is 17.8. The van der Waals surface area contributed by atoms with E-state index >= 15 is 0 Å². The van der Waals surface area contributed by atoms with Crippen LogP contribution in [0.15, 0.2) is 60.7 Å². The third-order valence-electron chi connectivity index (χ3n) is 9.08. The number of nitrogens with zero attached hydrogens (tertiary/aromatic N) is 2. The van der Waals surface area contributed by atoms with Gasteiger partial charge >= 0.3 is 12.1 Å². The zero-order valence-corrected chi connectivity index (χ0v) is 30.3. The fourth-order valence-corrected chi connectivity index (χ4v) is 5.98. The summed E-state index contributed by atoms with van der Waals surface area (Å²) in [4.78, 5) is 43.8. The van der Waals surface area contributed by atoms with Gasteiger partial charge in [-0.05, 0) is 87.7 Å². The summed E-state index contributed by atoms with van der Waals surface area (Å²) >= 11 is 0. The minimum Gasteiger partial charge on any atom is -0.497 e. The molecule has 3 aromatic rings. The summed E-state index contributed by atoms with van der Waals surface area (Å²) in [6.45, 7) is 6.46. The molecule has 5 amide bonds. The van der Waals surface area contributed by atoms with E-state index in [-0.39, 0.29) is 56.0 Å². The molecular weight excluding hydrogens is 670 g/mol. The normalized spacial score (nSPS) is 19.7. The van der Waals surface area contributed by atoms with Crippen LogP contribution in [0.3, 0.4) is 0 Å². The van der Waals surface area contributed by atoms with Crippen LogP contribution in [0.25, 0.3) is 0 Å². The predicted octanol–water partition coefficient (Wildman–Crippen LogP) is 6.03. The van der Waals surface area contributed by atoms with E-state index in [0.29, 0.717) is 46.7 Å². The second-order valence-corrected chi connectivity index (χ2v) is 13.2. The zero-order chi connectivity index (χ0) is 37.2. The number of carbonyl (C=O) groups is 3. The molecule has 0 aliphatic carbocycles. The third-order valence-corrected chi connectivity index (χ3v) is 9.08. The number of hydrogen-bond donors (Lipinski definition) is 4. The molecule has 280 valence electrons. The molecule has 0 bridgehead atoms. The Morgan fingerprint density at radius 2 is 1.62 bits per heavy atom. The summed E-state index contributed by atoms with van der Waals surface area (Å²) in [5.41, 5.74) is 1.76. The van der Waals surface area contributed by atoms with Gasteiger partial charge in [-0.15, -0.1) is 0 Å². The van der Waals surface area contributed by atoms with Crippen molar-refractivity contribution >= 4 is 35.0 Å². The lowest BCUT2D eigenvalue weighted by molar-refractivity contribution is -0.0115. The number of fused-ring (bicyclic) bond motifs is 2. The standard InChI is InChI=1S/C38H49N5O9/c1-24-20-43(25(2)22-44)36(45)31-18-28(40-37(46)39-27-9-13-30(48-5)14-10-27)11-15-32(31)52-26(3)8-6-7-17-49-35(24)21-42(4)38(47)41-29-12-16-33-34(19-29)51-23-50-33/h9-16,18-19,24-26,35,44H,6-8,17,20-23H2,1-5H3,(H,41,47)(H2,39,40,46)/t24-,25+,26-,35+/m1/s1. The van der Waals surface area contributed by atoms with Crippen LogP contribution < -0.4 is 34.9 Å². The maximum atomic E-state index is 14.4. The highest BCUT2D eigenvalue weighted by atomic mass is 16.7. The van der Waals surface area contributed by atoms with Crippen molar-refractivity contribution in [2.24, 2.45) is 5.92 Å². The summed E-state index contributed by atoms with van der Waals surface area (Å²) in [7, 11) is 3.26. The van der Waals surface area contributed by atoms with E-state index in [1.807, 2.05) is 13.8 Å². The summed E-state index contributed by atoms with van der Waals surface area (Å²) in [6.07, 6.45) is 1.68. The van der Waals surface area contributed by atoms with Crippen molar-refractivity contribution in [3.05, 3.63) is 66.2 Å². The molecule has 0 fully saturated rings. The Morgan fingerprint density at radius 3 is 2.35 bits per heavy atom. The van der Waals surface area contributed by atoms with Crippen molar-refractivity contribution in [1.29, 1.82) is 0 Å². The molecule has 14 nitrogen and oxygen atoms in total. The van der Waals surface area contributed by atoms with Crippen molar-refractivity contribution in [2.45, 2.75) is 58.3 Å². The number of nitrogens with one attached hydrogen (secondary N) is 3. The van der Waals surface area contributed by atoms with Crippen molar-refractivity contribution < 1.29 is 43.2 Å². The van der Waals surface area contributed by atoms with Crippen LogP contribution in [0.2, 0.25) is 0 Å². The summed E-state index contributed by atoms with van der Waals surface area (Å²) in [5, 5.41) is 18.8. The number of ether oxygens (including phenoxy) is 5. The Labute approximate surface area is 304 Å². The number of amides is 5. The van der Waals surface area contributed by atoms with Gasteiger partial charge in [-0.25, -0.2) is 9.59 Å². The van der Waals surface area contributed by atoms with Gasteiger partial charge in [0.25, 0.3) is 5.91 Å². The molecule has 0 unspecified atom stereocenters. The molecule has 52 heavy (non-hydrogen) atoms. The van der Waals surface area contributed by atoms with E-state index in [1.165, 1.54) is 0 Å². The van der Waals surface area contributed by atoms with Gasteiger partial charge in [0.05, 0.1) is 37.5 Å². The molecule has 0 radical (unpaired) electrons. The Balaban J connectivity index is 1.34. The average Bonchev–Trinajstić information content (AvgIpc) is 3.61. The van der Waals surface area contributed by atoms with E-state index in [4.69, 9.17) is 23.7 Å². The number of rotatable bonds is 8. The number of hydrogen-bond acceptors (Lipinski definition) is 9. The number of urea groups is 2. The van der Waals surface area contributed by atoms with Gasteiger partial charge < -0.3 is 54.5 Å². The molecule has 0 aromatic heterocycles. The van der Waals surface area contributed by atoms with Gasteiger partial charge in [0, 0.05) is 55.8 Å². The highest BCUT2D eigenvalue weighted by Crippen LogP contribution is 2.34. The molecule has 4 atom stereocenters. The van der Waals surface area contributed by atoms with Gasteiger partial charge in [0.15, 0.2) is 11.5 Å². The number of aliphatic hydroxyl groups excluding tert-OH is 1. The van der Waals surface area contributed by atoms with Crippen molar-refractivity contribution in [3.8, 4) is 23.0 Å². The van der Waals surface area contributed by atoms with Gasteiger partial charge in [-0.2, -0.15) is 0 Å². The Hall–Kier alpha value is -5.21. The van der Waals surface area contributed by atoms with E-state index < -0.39 is 18.2 Å². The molecule has 2 aliphatic heterocycles. The first-order valence-corrected chi connectivity index (χ1v) is 17.5. The minimum atomic E-state index is -0.559. The van der Waals surface area contributed by atoms with E-state index in [1.54, 1.807) is 91.5 Å². The molecule has 5 rings (SSSR count). The predicted molar refractivity (Wildman–Crippen MR) is 197 cm³/mol. The molecule has 2 heterocycles. The summed E-state index contributed by atoms with van der Waals surface area (Å²) in [5.74, 6) is 1.60. The minimum absolute atomic E-state index is 0.135. The van der Waals surface area contributed by atoms with Crippen molar-refractivity contribution in [2.75, 3.05) is 63.2 Å². The number of aliphatic hydroxyl groups is 1. The van der Waals surface area contributed by atoms with Crippen LogP contribution in [0.1, 0.15) is 50.4 Å². The van der Waals surface area contributed by atoms with Gasteiger partial charge in [0.2, 0.25) is 6.79 Å². The molecule has 2 aliphatic rings. The first kappa shape index (κ1) is 38.0. The van der Waals surface area contributed by atoms with Crippen LogP contribution in [0, 0.1) is 5.92 Å². The lowest BCUT2D eigenvalue weighted by Gasteiger charge is -2.35. The lowest BCUT2D eigenvalue weighted by Crippen LogP contribution is -2.48. The molecular formula is C38H49N5O9. The van der Waals surface area contributed by atoms with Crippen LogP contribution in [0.4, 0.5) is 26.7 Å². The van der Waals surface area contributed by atoms with E-state index in [0.717, 1.165) is 19.3 Å².